The molecule has 0 aromatic carbocycles. The van der Waals surface area contributed by atoms with Crippen molar-refractivity contribution in [3.05, 3.63) is 10.4 Å². The third-order valence-corrected chi connectivity index (χ3v) is 12.4. The molecule has 192 valence electrons. The van der Waals surface area contributed by atoms with Crippen LogP contribution in [0.2, 0.25) is 19.6 Å². The Hall–Kier alpha value is -0.593. The van der Waals surface area contributed by atoms with Crippen molar-refractivity contribution >= 4 is 8.32 Å². The van der Waals surface area contributed by atoms with Gasteiger partial charge in [0.15, 0.2) is 8.32 Å². The molecule has 0 amide bonds. The zero-order valence-electron chi connectivity index (χ0n) is 22.3. The molecule has 0 bridgehead atoms. The SMILES string of the molecule is C[C@@H](C[C@H](CN=[N+]=[N-])O[Si](C)(C)C)C1CCC2C3CC4OC45CC(O)CC[C@]5(C)C3CC[C@@]21C. The number of aliphatic hydroxyl groups is 1. The molecule has 0 radical (unpaired) electrons. The van der Waals surface area contributed by atoms with Crippen molar-refractivity contribution in [2.24, 2.45) is 45.5 Å². The van der Waals surface area contributed by atoms with E-state index < -0.39 is 8.32 Å². The number of ether oxygens (including phenoxy) is 1. The molecule has 7 unspecified atom stereocenters. The molecule has 5 rings (SSSR count). The summed E-state index contributed by atoms with van der Waals surface area (Å²) >= 11 is 0. The number of hydrogen-bond acceptors (Lipinski definition) is 4. The molecule has 1 N–H and O–H groups in total. The molecule has 11 atom stereocenters. The van der Waals surface area contributed by atoms with Gasteiger partial charge in [0.1, 0.15) is 5.60 Å². The molecule has 5 aliphatic rings. The molecule has 1 aliphatic heterocycles. The van der Waals surface area contributed by atoms with Crippen LogP contribution in [0.3, 0.4) is 0 Å². The van der Waals surface area contributed by atoms with Crippen molar-refractivity contribution in [3.8, 4) is 0 Å². The smallest absolute Gasteiger partial charge is 0.184 e. The van der Waals surface area contributed by atoms with E-state index in [0.29, 0.717) is 29.9 Å². The van der Waals surface area contributed by atoms with Crippen LogP contribution in [0.25, 0.3) is 10.4 Å². The van der Waals surface area contributed by atoms with E-state index in [1.807, 2.05) is 0 Å². The molecule has 4 saturated carbocycles. The third-order valence-electron chi connectivity index (χ3n) is 11.3. The van der Waals surface area contributed by atoms with Crippen molar-refractivity contribution in [1.29, 1.82) is 0 Å². The summed E-state index contributed by atoms with van der Waals surface area (Å²) < 4.78 is 13.0. The molecule has 1 saturated heterocycles. The van der Waals surface area contributed by atoms with Crippen molar-refractivity contribution < 1.29 is 14.3 Å². The maximum Gasteiger partial charge on any atom is 0.184 e. The van der Waals surface area contributed by atoms with Crippen molar-refractivity contribution in [2.75, 3.05) is 6.54 Å². The lowest BCUT2D eigenvalue weighted by molar-refractivity contribution is -0.117. The highest BCUT2D eigenvalue weighted by Gasteiger charge is 2.76. The summed E-state index contributed by atoms with van der Waals surface area (Å²) in [6.07, 6.45) is 10.7. The summed E-state index contributed by atoms with van der Waals surface area (Å²) in [6, 6.07) is 0. The van der Waals surface area contributed by atoms with Crippen LogP contribution in [-0.4, -0.2) is 43.9 Å². The van der Waals surface area contributed by atoms with Crippen LogP contribution in [0.5, 0.6) is 0 Å². The Morgan fingerprint density at radius 3 is 2.62 bits per heavy atom. The van der Waals surface area contributed by atoms with Gasteiger partial charge in [0.25, 0.3) is 0 Å². The average Bonchev–Trinajstić information content (AvgIpc) is 3.31. The first-order valence-corrected chi connectivity index (χ1v) is 17.4. The van der Waals surface area contributed by atoms with Gasteiger partial charge in [0.2, 0.25) is 0 Å². The van der Waals surface area contributed by atoms with Gasteiger partial charge in [-0.05, 0) is 112 Å². The van der Waals surface area contributed by atoms with E-state index in [9.17, 15) is 5.11 Å². The third kappa shape index (κ3) is 3.89. The standard InChI is InChI=1S/C27H47N3O3Si/c1-17(13-19(16-29-30-28)33-34(4,5)6)21-7-8-22-20-14-24-27(32-24)15-18(31)9-12-26(27,3)23(20)10-11-25(21,22)2/h17-24,31H,7-16H2,1-6H3/t17-,18?,19+,20?,21?,22?,23?,24?,25+,26+,27?/m0/s1. The summed E-state index contributed by atoms with van der Waals surface area (Å²) in [5, 5.41) is 14.3. The summed E-state index contributed by atoms with van der Waals surface area (Å²) in [4.78, 5) is 3.02. The number of nitrogens with zero attached hydrogens (tertiary/aromatic N) is 3. The molecule has 6 nitrogen and oxygen atoms in total. The second-order valence-corrected chi connectivity index (χ2v) is 18.6. The number of fused-ring (bicyclic) bond motifs is 4. The van der Waals surface area contributed by atoms with Crippen LogP contribution in [-0.2, 0) is 9.16 Å². The molecule has 1 heterocycles. The van der Waals surface area contributed by atoms with Crippen LogP contribution < -0.4 is 0 Å². The van der Waals surface area contributed by atoms with Gasteiger partial charge >= 0.3 is 0 Å². The first-order valence-electron chi connectivity index (χ1n) is 14.0. The fourth-order valence-electron chi connectivity index (χ4n) is 10.00. The minimum absolute atomic E-state index is 0.0203. The monoisotopic (exact) mass is 489 g/mol. The van der Waals surface area contributed by atoms with Crippen LogP contribution >= 0.6 is 0 Å². The average molecular weight is 490 g/mol. The summed E-state index contributed by atoms with van der Waals surface area (Å²) in [5.41, 5.74) is 9.51. The van der Waals surface area contributed by atoms with E-state index in [1.54, 1.807) is 0 Å². The zero-order valence-corrected chi connectivity index (χ0v) is 23.3. The summed E-state index contributed by atoms with van der Waals surface area (Å²) in [5.74, 6) is 3.60. The molecule has 5 fully saturated rings. The lowest BCUT2D eigenvalue weighted by atomic mass is 9.44. The number of azide groups is 1. The summed E-state index contributed by atoms with van der Waals surface area (Å²) in [7, 11) is -1.70. The van der Waals surface area contributed by atoms with Crippen LogP contribution in [0.15, 0.2) is 5.11 Å². The van der Waals surface area contributed by atoms with E-state index in [1.165, 1.54) is 32.1 Å². The van der Waals surface area contributed by atoms with Crippen molar-refractivity contribution in [3.63, 3.8) is 0 Å². The minimum atomic E-state index is -1.70. The van der Waals surface area contributed by atoms with E-state index in [0.717, 1.165) is 43.4 Å². The van der Waals surface area contributed by atoms with Crippen LogP contribution in [0, 0.1) is 40.4 Å². The topological polar surface area (TPSA) is 90.8 Å². The molecule has 0 aromatic heterocycles. The number of hydrogen-bond donors (Lipinski definition) is 1. The fraction of sp³-hybridized carbons (Fsp3) is 1.00. The van der Waals surface area contributed by atoms with Gasteiger partial charge in [-0.1, -0.05) is 25.9 Å². The molecule has 0 aromatic rings. The number of aliphatic hydroxyl groups excluding tert-OH is 1. The van der Waals surface area contributed by atoms with Crippen LogP contribution in [0.4, 0.5) is 0 Å². The van der Waals surface area contributed by atoms with Gasteiger partial charge in [0, 0.05) is 16.7 Å². The second kappa shape index (κ2) is 8.48. The van der Waals surface area contributed by atoms with E-state index in [-0.39, 0.29) is 23.2 Å². The Labute approximate surface area is 207 Å². The molecular formula is C27H47N3O3Si. The highest BCUT2D eigenvalue weighted by atomic mass is 28.4. The lowest BCUT2D eigenvalue weighted by Gasteiger charge is -2.59. The number of rotatable bonds is 7. The van der Waals surface area contributed by atoms with Crippen molar-refractivity contribution in [1.82, 2.24) is 0 Å². The zero-order chi connectivity index (χ0) is 24.5. The molecular weight excluding hydrogens is 442 g/mol. The van der Waals surface area contributed by atoms with Gasteiger partial charge in [-0.15, -0.1) is 0 Å². The maximum atomic E-state index is 10.4. The van der Waals surface area contributed by atoms with Gasteiger partial charge in [-0.2, -0.15) is 0 Å². The fourth-order valence-corrected chi connectivity index (χ4v) is 11.2. The van der Waals surface area contributed by atoms with E-state index in [2.05, 4.69) is 50.4 Å². The summed E-state index contributed by atoms with van der Waals surface area (Å²) in [6.45, 7) is 14.7. The first-order chi connectivity index (χ1) is 15.9. The molecule has 34 heavy (non-hydrogen) atoms. The van der Waals surface area contributed by atoms with Gasteiger partial charge in [0.05, 0.1) is 24.9 Å². The molecule has 4 aliphatic carbocycles. The van der Waals surface area contributed by atoms with Gasteiger partial charge < -0.3 is 14.3 Å². The predicted octanol–water partition coefficient (Wildman–Crippen LogP) is 6.69. The Kier molecular flexibility index (Phi) is 6.25. The quantitative estimate of drug-likeness (QED) is 0.142. The highest BCUT2D eigenvalue weighted by molar-refractivity contribution is 6.69. The Bertz CT molecular complexity index is 843. The maximum absolute atomic E-state index is 10.4. The van der Waals surface area contributed by atoms with E-state index >= 15 is 0 Å². The Morgan fingerprint density at radius 1 is 1.15 bits per heavy atom. The van der Waals surface area contributed by atoms with E-state index in [4.69, 9.17) is 14.7 Å². The predicted molar refractivity (Wildman–Crippen MR) is 137 cm³/mol. The lowest BCUT2D eigenvalue weighted by Crippen LogP contribution is -2.58. The number of epoxide rings is 1. The molecule has 1 spiro atoms. The van der Waals surface area contributed by atoms with Crippen molar-refractivity contribution in [2.45, 2.75) is 122 Å². The Balaban J connectivity index is 1.32. The normalized spacial score (nSPS) is 49.0. The highest BCUT2D eigenvalue weighted by Crippen LogP contribution is 2.74. The van der Waals surface area contributed by atoms with Gasteiger partial charge in [-0.25, -0.2) is 0 Å². The molecule has 7 heteroatoms. The largest absolute Gasteiger partial charge is 0.415 e. The first kappa shape index (κ1) is 25.1. The van der Waals surface area contributed by atoms with Crippen LogP contribution in [0.1, 0.15) is 78.6 Å². The second-order valence-electron chi connectivity index (χ2n) is 14.1. The minimum Gasteiger partial charge on any atom is -0.415 e. The van der Waals surface area contributed by atoms with Gasteiger partial charge in [-0.3, -0.25) is 0 Å². The Morgan fingerprint density at radius 2 is 1.91 bits per heavy atom.